The number of hydrogen-bond donors (Lipinski definition) is 0. The van der Waals surface area contributed by atoms with Crippen LogP contribution in [-0.2, 0) is 6.54 Å². The molecule has 0 amide bonds. The van der Waals surface area contributed by atoms with E-state index in [1.165, 1.54) is 24.3 Å². The fraction of sp³-hybridized carbons (Fsp3) is 0.533. The van der Waals surface area contributed by atoms with Crippen LogP contribution in [0.5, 0.6) is 0 Å². The van der Waals surface area contributed by atoms with Crippen molar-refractivity contribution < 1.29 is 0 Å². The number of imidazole rings is 1. The third-order valence-electron chi connectivity index (χ3n) is 3.96. The van der Waals surface area contributed by atoms with E-state index in [2.05, 4.69) is 9.55 Å². The molecule has 21 heavy (non-hydrogen) atoms. The average Bonchev–Trinajstić information content (AvgIpc) is 2.79. The Balaban J connectivity index is 2.04. The van der Waals surface area contributed by atoms with Gasteiger partial charge in [0.05, 0.1) is 26.5 Å². The summed E-state index contributed by atoms with van der Waals surface area (Å²) in [6.45, 7) is 2.92. The molecule has 2 nitrogen and oxygen atoms in total. The van der Waals surface area contributed by atoms with Crippen LogP contribution < -0.4 is 0 Å². The number of fused-ring (bicyclic) bond motifs is 1. The third-order valence-corrected chi connectivity index (χ3v) is 5.92. The van der Waals surface area contributed by atoms with Crippen molar-refractivity contribution in [2.24, 2.45) is 5.92 Å². The molecule has 0 spiro atoms. The Kier molecular flexibility index (Phi) is 4.94. The summed E-state index contributed by atoms with van der Waals surface area (Å²) in [5.74, 6) is 4.08. The number of thioether (sulfide) groups is 1. The largest absolute Gasteiger partial charge is 0.326 e. The van der Waals surface area contributed by atoms with E-state index in [0.717, 1.165) is 23.4 Å². The zero-order chi connectivity index (χ0) is 15.0. The molecular weight excluding hydrogens is 347 g/mol. The van der Waals surface area contributed by atoms with E-state index < -0.39 is 0 Å². The second-order valence-electron chi connectivity index (χ2n) is 5.51. The monoisotopic (exact) mass is 362 g/mol. The van der Waals surface area contributed by atoms with Crippen LogP contribution in [0.25, 0.3) is 11.0 Å². The number of nitrogens with zero attached hydrogens (tertiary/aromatic N) is 2. The molecule has 1 aromatic heterocycles. The summed E-state index contributed by atoms with van der Waals surface area (Å²) in [6.07, 6.45) is 2.50. The Labute approximate surface area is 144 Å². The van der Waals surface area contributed by atoms with Crippen LogP contribution in [0.4, 0.5) is 0 Å². The summed E-state index contributed by atoms with van der Waals surface area (Å²) in [5.41, 5.74) is 1.90. The van der Waals surface area contributed by atoms with E-state index in [1.807, 2.05) is 30.8 Å². The lowest BCUT2D eigenvalue weighted by atomic mass is 10.0. The van der Waals surface area contributed by atoms with Crippen LogP contribution in [-0.4, -0.2) is 21.1 Å². The maximum absolute atomic E-state index is 6.32. The van der Waals surface area contributed by atoms with Crippen LogP contribution in [0, 0.1) is 5.92 Å². The van der Waals surface area contributed by atoms with Crippen molar-refractivity contribution in [1.82, 2.24) is 9.55 Å². The first-order chi connectivity index (χ1) is 10.1. The molecule has 1 fully saturated rings. The predicted molar refractivity (Wildman–Crippen MR) is 94.1 cm³/mol. The molecule has 1 aliphatic heterocycles. The first kappa shape index (κ1) is 15.8. The molecule has 114 valence electrons. The van der Waals surface area contributed by atoms with Crippen LogP contribution in [0.2, 0.25) is 10.0 Å². The van der Waals surface area contributed by atoms with Gasteiger partial charge in [-0.05, 0) is 49.3 Å². The highest BCUT2D eigenvalue weighted by molar-refractivity contribution is 7.99. The fourth-order valence-electron chi connectivity index (χ4n) is 2.82. The summed E-state index contributed by atoms with van der Waals surface area (Å²) >= 11 is 20.6. The minimum Gasteiger partial charge on any atom is -0.326 e. The number of halogens is 3. The lowest BCUT2D eigenvalue weighted by Gasteiger charge is -2.23. The number of alkyl halides is 1. The van der Waals surface area contributed by atoms with E-state index in [1.54, 1.807) is 0 Å². The Hall–Kier alpha value is -0.0900. The molecule has 2 aromatic rings. The summed E-state index contributed by atoms with van der Waals surface area (Å²) in [7, 11) is 0. The van der Waals surface area contributed by atoms with Crippen molar-refractivity contribution in [3.05, 3.63) is 28.0 Å². The molecule has 6 heteroatoms. The minimum absolute atomic E-state index is 0.132. The molecule has 1 aromatic carbocycles. The van der Waals surface area contributed by atoms with Gasteiger partial charge >= 0.3 is 0 Å². The van der Waals surface area contributed by atoms with Crippen molar-refractivity contribution >= 4 is 57.6 Å². The Bertz CT molecular complexity index is 648. The molecule has 1 unspecified atom stereocenters. The normalized spacial score (nSPS) is 18.3. The van der Waals surface area contributed by atoms with Crippen LogP contribution >= 0.6 is 46.6 Å². The van der Waals surface area contributed by atoms with Crippen molar-refractivity contribution in [3.63, 3.8) is 0 Å². The minimum atomic E-state index is -0.132. The average molecular weight is 364 g/mol. The van der Waals surface area contributed by atoms with E-state index in [9.17, 15) is 0 Å². The highest BCUT2D eigenvalue weighted by Gasteiger charge is 2.21. The van der Waals surface area contributed by atoms with E-state index in [-0.39, 0.29) is 5.38 Å². The quantitative estimate of drug-likeness (QED) is 0.643. The van der Waals surface area contributed by atoms with Crippen LogP contribution in [0.3, 0.4) is 0 Å². The van der Waals surface area contributed by atoms with Crippen molar-refractivity contribution in [2.75, 3.05) is 11.5 Å². The van der Waals surface area contributed by atoms with Gasteiger partial charge in [-0.25, -0.2) is 4.98 Å². The number of aromatic nitrogens is 2. The molecule has 0 N–H and O–H groups in total. The number of benzene rings is 1. The molecular formula is C15H17Cl3N2S. The van der Waals surface area contributed by atoms with Gasteiger partial charge in [0, 0.05) is 6.54 Å². The van der Waals surface area contributed by atoms with Crippen LogP contribution in [0.15, 0.2) is 12.1 Å². The zero-order valence-corrected chi connectivity index (χ0v) is 14.9. The van der Waals surface area contributed by atoms with E-state index >= 15 is 0 Å². The lowest BCUT2D eigenvalue weighted by Crippen LogP contribution is -2.18. The first-order valence-electron chi connectivity index (χ1n) is 7.13. The molecule has 0 aliphatic carbocycles. The van der Waals surface area contributed by atoms with Gasteiger partial charge in [0.15, 0.2) is 0 Å². The number of rotatable bonds is 3. The second-order valence-corrected chi connectivity index (χ2v) is 8.20. The Morgan fingerprint density at radius 1 is 1.29 bits per heavy atom. The second kappa shape index (κ2) is 6.57. The molecule has 1 saturated heterocycles. The first-order valence-corrected chi connectivity index (χ1v) is 9.48. The summed E-state index contributed by atoms with van der Waals surface area (Å²) in [4.78, 5) is 4.66. The summed E-state index contributed by atoms with van der Waals surface area (Å²) in [5, 5.41) is 0.975. The van der Waals surface area contributed by atoms with Crippen LogP contribution in [0.1, 0.15) is 31.0 Å². The highest BCUT2D eigenvalue weighted by Crippen LogP contribution is 2.33. The van der Waals surface area contributed by atoms with E-state index in [0.29, 0.717) is 16.0 Å². The molecule has 2 heterocycles. The van der Waals surface area contributed by atoms with Gasteiger partial charge in [-0.2, -0.15) is 11.8 Å². The molecule has 0 saturated carbocycles. The fourth-order valence-corrected chi connectivity index (χ4v) is 4.51. The van der Waals surface area contributed by atoms with Gasteiger partial charge in [0.25, 0.3) is 0 Å². The summed E-state index contributed by atoms with van der Waals surface area (Å²) in [6, 6.07) is 3.74. The maximum Gasteiger partial charge on any atom is 0.127 e. The third kappa shape index (κ3) is 3.31. The molecule has 1 aliphatic rings. The highest BCUT2D eigenvalue weighted by atomic mass is 35.5. The molecule has 3 rings (SSSR count). The van der Waals surface area contributed by atoms with Gasteiger partial charge < -0.3 is 4.57 Å². The number of hydrogen-bond acceptors (Lipinski definition) is 2. The van der Waals surface area contributed by atoms with Gasteiger partial charge in [0.2, 0.25) is 0 Å². The van der Waals surface area contributed by atoms with Crippen molar-refractivity contribution in [3.8, 4) is 0 Å². The molecule has 0 bridgehead atoms. The smallest absolute Gasteiger partial charge is 0.127 e. The van der Waals surface area contributed by atoms with Crippen molar-refractivity contribution in [1.29, 1.82) is 0 Å². The van der Waals surface area contributed by atoms with Gasteiger partial charge in [-0.3, -0.25) is 0 Å². The van der Waals surface area contributed by atoms with Gasteiger partial charge in [0.1, 0.15) is 5.82 Å². The predicted octanol–water partition coefficient (Wildman–Crippen LogP) is 5.79. The van der Waals surface area contributed by atoms with E-state index in [4.69, 9.17) is 34.8 Å². The lowest BCUT2D eigenvalue weighted by molar-refractivity contribution is 0.415. The topological polar surface area (TPSA) is 17.8 Å². The van der Waals surface area contributed by atoms with Gasteiger partial charge in [-0.15, -0.1) is 11.6 Å². The molecule has 1 atom stereocenters. The zero-order valence-electron chi connectivity index (χ0n) is 11.8. The van der Waals surface area contributed by atoms with Gasteiger partial charge in [-0.1, -0.05) is 23.2 Å². The SMILES string of the molecule is CC(Cl)c1nc2cc(Cl)c(Cl)cc2n1CC1CCSCC1. The summed E-state index contributed by atoms with van der Waals surface area (Å²) < 4.78 is 2.23. The molecule has 0 radical (unpaired) electrons. The van der Waals surface area contributed by atoms with Crippen molar-refractivity contribution in [2.45, 2.75) is 31.7 Å². The Morgan fingerprint density at radius 3 is 2.62 bits per heavy atom. The Morgan fingerprint density at radius 2 is 1.95 bits per heavy atom. The standard InChI is InChI=1S/C15H17Cl3N2S/c1-9(16)15-19-13-6-11(17)12(18)7-14(13)20(15)8-10-2-4-21-5-3-10/h6-7,9-10H,2-5,8H2,1H3. The maximum atomic E-state index is 6.32.